The Balaban J connectivity index is 0.00000261. The molecule has 0 atom stereocenters. The lowest BCUT2D eigenvalue weighted by Crippen LogP contribution is -2.37. The summed E-state index contributed by atoms with van der Waals surface area (Å²) < 4.78 is 5.23. The van der Waals surface area contributed by atoms with E-state index >= 15 is 0 Å². The second-order valence-electron chi connectivity index (χ2n) is 5.96. The lowest BCUT2D eigenvalue weighted by Gasteiger charge is -2.21. The van der Waals surface area contributed by atoms with Gasteiger partial charge in [0.2, 0.25) is 0 Å². The Bertz CT molecular complexity index is 828. The molecular formula is C19H22Cl2N4O2. The van der Waals surface area contributed by atoms with Crippen LogP contribution in [0.1, 0.15) is 15.9 Å². The van der Waals surface area contributed by atoms with Crippen LogP contribution in [0.15, 0.2) is 47.5 Å². The van der Waals surface area contributed by atoms with Gasteiger partial charge in [-0.05, 0) is 11.6 Å². The van der Waals surface area contributed by atoms with Crippen LogP contribution in [0.3, 0.4) is 0 Å². The van der Waals surface area contributed by atoms with Crippen molar-refractivity contribution in [3.05, 3.63) is 58.6 Å². The molecule has 1 amide bonds. The van der Waals surface area contributed by atoms with E-state index in [0.717, 1.165) is 25.5 Å². The monoisotopic (exact) mass is 408 g/mol. The van der Waals surface area contributed by atoms with Gasteiger partial charge in [-0.1, -0.05) is 41.9 Å². The molecule has 144 valence electrons. The van der Waals surface area contributed by atoms with E-state index in [1.165, 1.54) is 18.7 Å². The zero-order valence-electron chi connectivity index (χ0n) is 14.9. The summed E-state index contributed by atoms with van der Waals surface area (Å²) in [5.74, 6) is 0.972. The number of carbonyl (C=O) groups excluding carboxylic acids is 1. The zero-order chi connectivity index (χ0) is 18.5. The fourth-order valence-corrected chi connectivity index (χ4v) is 3.00. The first kappa shape index (κ1) is 20.9. The number of methoxy groups -OCH3 is 1. The highest BCUT2D eigenvalue weighted by Crippen LogP contribution is 2.28. The number of carbonyl (C=O) groups is 1. The Morgan fingerprint density at radius 3 is 2.78 bits per heavy atom. The molecular weight excluding hydrogens is 387 g/mol. The van der Waals surface area contributed by atoms with Gasteiger partial charge in [0.05, 0.1) is 36.5 Å². The smallest absolute Gasteiger partial charge is 0.255 e. The molecule has 1 aliphatic rings. The summed E-state index contributed by atoms with van der Waals surface area (Å²) in [6.45, 7) is 2.69. The zero-order valence-corrected chi connectivity index (χ0v) is 16.5. The number of amidine groups is 1. The molecule has 0 radical (unpaired) electrons. The number of amides is 1. The minimum absolute atomic E-state index is 0. The number of nitrogens with zero attached hydrogens (tertiary/aromatic N) is 2. The molecule has 1 heterocycles. The molecule has 2 aromatic rings. The average molecular weight is 409 g/mol. The van der Waals surface area contributed by atoms with Crippen molar-refractivity contribution in [2.75, 3.05) is 32.5 Å². The maximum atomic E-state index is 12.5. The lowest BCUT2D eigenvalue weighted by molar-refractivity contribution is 0.0955. The number of nitrogens with two attached hydrogens (primary N) is 1. The van der Waals surface area contributed by atoms with E-state index in [-0.39, 0.29) is 18.3 Å². The predicted octanol–water partition coefficient (Wildman–Crippen LogP) is 3.00. The number of nitrogens with one attached hydrogen (secondary N) is 1. The van der Waals surface area contributed by atoms with Gasteiger partial charge >= 0.3 is 0 Å². The Labute approximate surface area is 169 Å². The average Bonchev–Trinajstić information content (AvgIpc) is 3.09. The molecule has 0 bridgehead atoms. The van der Waals surface area contributed by atoms with Crippen molar-refractivity contribution in [2.45, 2.75) is 6.54 Å². The van der Waals surface area contributed by atoms with Crippen LogP contribution >= 0.6 is 24.0 Å². The van der Waals surface area contributed by atoms with Crippen molar-refractivity contribution in [3.8, 4) is 5.75 Å². The number of hydrogen-bond acceptors (Lipinski definition) is 5. The Kier molecular flexibility index (Phi) is 7.33. The number of anilines is 1. The molecule has 8 heteroatoms. The van der Waals surface area contributed by atoms with E-state index in [1.807, 2.05) is 18.2 Å². The largest absolute Gasteiger partial charge is 0.496 e. The number of benzene rings is 2. The first-order valence-corrected chi connectivity index (χ1v) is 8.69. The third kappa shape index (κ3) is 5.05. The van der Waals surface area contributed by atoms with E-state index in [0.29, 0.717) is 28.6 Å². The molecule has 6 nitrogen and oxygen atoms in total. The number of nitrogen functional groups attached to an aromatic ring is 1. The minimum Gasteiger partial charge on any atom is -0.496 e. The van der Waals surface area contributed by atoms with Crippen molar-refractivity contribution in [2.24, 2.45) is 4.99 Å². The summed E-state index contributed by atoms with van der Waals surface area (Å²) in [6.07, 6.45) is 0. The maximum absolute atomic E-state index is 12.5. The molecule has 0 saturated carbocycles. The van der Waals surface area contributed by atoms with Gasteiger partial charge < -0.3 is 20.7 Å². The number of rotatable bonds is 6. The standard InChI is InChI=1S/C19H21ClN4O2.ClH/c1-26-17-10-16(21)15(20)9-14(17)19(25)23-11-18-22-7-8-24(18)12-13-5-3-2-4-6-13;/h2-6,9-10H,7-8,11-12,21H2,1H3,(H,23,25);1H. The Morgan fingerprint density at radius 1 is 1.33 bits per heavy atom. The summed E-state index contributed by atoms with van der Waals surface area (Å²) in [4.78, 5) is 19.2. The van der Waals surface area contributed by atoms with E-state index in [4.69, 9.17) is 22.1 Å². The molecule has 2 aromatic carbocycles. The van der Waals surface area contributed by atoms with Crippen LogP contribution in [0.2, 0.25) is 5.02 Å². The molecule has 27 heavy (non-hydrogen) atoms. The van der Waals surface area contributed by atoms with Gasteiger partial charge in [-0.15, -0.1) is 12.4 Å². The van der Waals surface area contributed by atoms with Crippen LogP contribution in [0.5, 0.6) is 5.75 Å². The first-order valence-electron chi connectivity index (χ1n) is 8.32. The number of ether oxygens (including phenoxy) is 1. The quantitative estimate of drug-likeness (QED) is 0.719. The van der Waals surface area contributed by atoms with Crippen LogP contribution in [-0.4, -0.2) is 43.4 Å². The summed E-state index contributed by atoms with van der Waals surface area (Å²) in [5, 5.41) is 3.21. The third-order valence-electron chi connectivity index (χ3n) is 4.22. The Hall–Kier alpha value is -2.44. The van der Waals surface area contributed by atoms with E-state index in [2.05, 4.69) is 27.3 Å². The molecule has 3 N–H and O–H groups in total. The molecule has 0 aromatic heterocycles. The van der Waals surface area contributed by atoms with Crippen LogP contribution in [0, 0.1) is 0 Å². The summed E-state index contributed by atoms with van der Waals surface area (Å²) in [7, 11) is 1.49. The van der Waals surface area contributed by atoms with Gasteiger partial charge in [0.1, 0.15) is 11.6 Å². The molecule has 0 spiro atoms. The minimum atomic E-state index is -0.280. The molecule has 0 aliphatic carbocycles. The van der Waals surface area contributed by atoms with Gasteiger partial charge in [0.25, 0.3) is 5.91 Å². The fraction of sp³-hybridized carbons (Fsp3) is 0.263. The van der Waals surface area contributed by atoms with Crippen LogP contribution in [-0.2, 0) is 6.54 Å². The highest BCUT2D eigenvalue weighted by Gasteiger charge is 2.20. The number of hydrogen-bond donors (Lipinski definition) is 2. The fourth-order valence-electron chi connectivity index (χ4n) is 2.84. The Morgan fingerprint density at radius 2 is 2.07 bits per heavy atom. The second kappa shape index (κ2) is 9.48. The lowest BCUT2D eigenvalue weighted by atomic mass is 10.1. The van der Waals surface area contributed by atoms with Crippen molar-refractivity contribution in [3.63, 3.8) is 0 Å². The molecule has 0 saturated heterocycles. The van der Waals surface area contributed by atoms with Crippen LogP contribution in [0.25, 0.3) is 0 Å². The molecule has 3 rings (SSSR count). The molecule has 0 fully saturated rings. The van der Waals surface area contributed by atoms with Crippen LogP contribution in [0.4, 0.5) is 5.69 Å². The first-order chi connectivity index (χ1) is 12.6. The highest BCUT2D eigenvalue weighted by atomic mass is 35.5. The summed E-state index contributed by atoms with van der Waals surface area (Å²) >= 11 is 6.04. The van der Waals surface area contributed by atoms with E-state index in [1.54, 1.807) is 6.07 Å². The van der Waals surface area contributed by atoms with Gasteiger partial charge in [0.15, 0.2) is 0 Å². The van der Waals surface area contributed by atoms with Gasteiger partial charge in [-0.3, -0.25) is 9.79 Å². The van der Waals surface area contributed by atoms with Gasteiger partial charge in [-0.25, -0.2) is 0 Å². The van der Waals surface area contributed by atoms with E-state index in [9.17, 15) is 4.79 Å². The van der Waals surface area contributed by atoms with Gasteiger partial charge in [-0.2, -0.15) is 0 Å². The highest BCUT2D eigenvalue weighted by molar-refractivity contribution is 6.33. The maximum Gasteiger partial charge on any atom is 0.255 e. The molecule has 1 aliphatic heterocycles. The predicted molar refractivity (Wildman–Crippen MR) is 111 cm³/mol. The molecule has 0 unspecified atom stereocenters. The second-order valence-corrected chi connectivity index (χ2v) is 6.37. The third-order valence-corrected chi connectivity index (χ3v) is 4.54. The topological polar surface area (TPSA) is 79.9 Å². The SMILES string of the molecule is COc1cc(N)c(Cl)cc1C(=O)NCC1=NCCN1Cc1ccccc1.Cl. The normalized spacial score (nSPS) is 13.0. The number of halogens is 2. The van der Waals surface area contributed by atoms with Crippen LogP contribution < -0.4 is 15.8 Å². The number of aliphatic imine (C=N–C) groups is 1. The summed E-state index contributed by atoms with van der Waals surface area (Å²) in [6, 6.07) is 13.2. The van der Waals surface area contributed by atoms with Crippen molar-refractivity contribution in [1.29, 1.82) is 0 Å². The van der Waals surface area contributed by atoms with Crippen molar-refractivity contribution >= 4 is 41.4 Å². The summed E-state index contributed by atoms with van der Waals surface area (Å²) in [5.41, 5.74) is 7.69. The van der Waals surface area contributed by atoms with Crippen molar-refractivity contribution in [1.82, 2.24) is 10.2 Å². The van der Waals surface area contributed by atoms with Gasteiger partial charge in [0, 0.05) is 19.2 Å². The van der Waals surface area contributed by atoms with E-state index < -0.39 is 0 Å². The van der Waals surface area contributed by atoms with Crippen molar-refractivity contribution < 1.29 is 9.53 Å².